The lowest BCUT2D eigenvalue weighted by molar-refractivity contribution is 0.128. The molecule has 0 aromatic heterocycles. The van der Waals surface area contributed by atoms with Crippen LogP contribution in [0.1, 0.15) is 18.0 Å². The molecule has 0 heterocycles. The Labute approximate surface area is 86.5 Å². The number of benzene rings is 1. The van der Waals surface area contributed by atoms with Crippen LogP contribution in [0.5, 0.6) is 11.5 Å². The Morgan fingerprint density at radius 3 is 2.67 bits per heavy atom. The maximum Gasteiger partial charge on any atom is 0.240 e. The van der Waals surface area contributed by atoms with Crippen LogP contribution in [-0.2, 0) is 0 Å². The van der Waals surface area contributed by atoms with Crippen LogP contribution in [0.25, 0.3) is 0 Å². The van der Waals surface area contributed by atoms with Gasteiger partial charge in [0.2, 0.25) is 6.43 Å². The molecule has 0 fully saturated rings. The van der Waals surface area contributed by atoms with Gasteiger partial charge in [-0.05, 0) is 6.07 Å². The van der Waals surface area contributed by atoms with Gasteiger partial charge in [-0.25, -0.2) is 8.78 Å². The smallest absolute Gasteiger partial charge is 0.240 e. The van der Waals surface area contributed by atoms with Gasteiger partial charge in [-0.3, -0.25) is 0 Å². The van der Waals surface area contributed by atoms with Crippen molar-refractivity contribution in [2.45, 2.75) is 18.9 Å². The molecule has 0 radical (unpaired) electrons. The molecule has 0 bridgehead atoms. The second-order valence-electron chi connectivity index (χ2n) is 3.13. The molecule has 0 aliphatic carbocycles. The summed E-state index contributed by atoms with van der Waals surface area (Å²) in [5.74, 6) is 0.0605. The Balaban J connectivity index is 2.93. The topological polar surface area (TPSA) is 55.5 Å². The predicted octanol–water partition coefficient (Wildman–Crippen LogP) is 2.06. The van der Waals surface area contributed by atoms with Crippen molar-refractivity contribution in [3.05, 3.63) is 23.8 Å². The lowest BCUT2D eigenvalue weighted by Gasteiger charge is -2.14. The van der Waals surface area contributed by atoms with Gasteiger partial charge in [-0.1, -0.05) is 12.1 Å². The molecule has 0 aliphatic rings. The number of rotatable bonds is 4. The van der Waals surface area contributed by atoms with E-state index in [1.807, 2.05) is 0 Å². The third-order valence-corrected chi connectivity index (χ3v) is 2.08. The number of phenolic OH excluding ortho intramolecular Hbond substituents is 1. The van der Waals surface area contributed by atoms with Gasteiger partial charge >= 0.3 is 0 Å². The van der Waals surface area contributed by atoms with Gasteiger partial charge in [0, 0.05) is 18.0 Å². The molecule has 1 rings (SSSR count). The summed E-state index contributed by atoms with van der Waals surface area (Å²) in [7, 11) is 1.39. The maximum absolute atomic E-state index is 12.1. The molecule has 1 aromatic rings. The zero-order valence-electron chi connectivity index (χ0n) is 8.28. The number of methoxy groups -OCH3 is 1. The zero-order chi connectivity index (χ0) is 11.4. The molecule has 3 nitrogen and oxygen atoms in total. The van der Waals surface area contributed by atoms with Crippen molar-refractivity contribution >= 4 is 0 Å². The Bertz CT molecular complexity index is 331. The molecule has 15 heavy (non-hydrogen) atoms. The van der Waals surface area contributed by atoms with Gasteiger partial charge in [0.15, 0.2) is 11.5 Å². The lowest BCUT2D eigenvalue weighted by Crippen LogP contribution is -2.14. The first-order valence-electron chi connectivity index (χ1n) is 4.45. The molecule has 0 unspecified atom stereocenters. The summed E-state index contributed by atoms with van der Waals surface area (Å²) in [6.45, 7) is 0. The van der Waals surface area contributed by atoms with Crippen molar-refractivity contribution in [3.8, 4) is 11.5 Å². The number of hydrogen-bond donors (Lipinski definition) is 2. The van der Waals surface area contributed by atoms with Crippen LogP contribution in [0.2, 0.25) is 0 Å². The summed E-state index contributed by atoms with van der Waals surface area (Å²) in [5.41, 5.74) is 5.80. The second-order valence-corrected chi connectivity index (χ2v) is 3.13. The molecule has 0 saturated heterocycles. The van der Waals surface area contributed by atoms with E-state index in [1.54, 1.807) is 6.07 Å². The fraction of sp³-hybridized carbons (Fsp3) is 0.400. The number of nitrogens with two attached hydrogens (primary N) is 1. The molecular formula is C10H13F2NO2. The highest BCUT2D eigenvalue weighted by Gasteiger charge is 2.17. The lowest BCUT2D eigenvalue weighted by atomic mass is 10.0. The normalized spacial score (nSPS) is 12.9. The number of hydrogen-bond acceptors (Lipinski definition) is 3. The predicted molar refractivity (Wildman–Crippen MR) is 52.2 cm³/mol. The highest BCUT2D eigenvalue weighted by atomic mass is 19.3. The molecule has 84 valence electrons. The van der Waals surface area contributed by atoms with Crippen LogP contribution in [0.3, 0.4) is 0 Å². The third kappa shape index (κ3) is 2.79. The Hall–Kier alpha value is -1.36. The molecule has 0 spiro atoms. The van der Waals surface area contributed by atoms with E-state index < -0.39 is 18.9 Å². The fourth-order valence-corrected chi connectivity index (χ4v) is 1.32. The minimum Gasteiger partial charge on any atom is -0.504 e. The largest absolute Gasteiger partial charge is 0.504 e. The van der Waals surface area contributed by atoms with E-state index in [2.05, 4.69) is 0 Å². The highest BCUT2D eigenvalue weighted by molar-refractivity contribution is 5.46. The molecular weight excluding hydrogens is 204 g/mol. The Morgan fingerprint density at radius 1 is 1.47 bits per heavy atom. The molecule has 0 amide bonds. The second kappa shape index (κ2) is 4.93. The van der Waals surface area contributed by atoms with Gasteiger partial charge in [-0.2, -0.15) is 0 Å². The summed E-state index contributed by atoms with van der Waals surface area (Å²) in [5, 5.41) is 9.62. The number of alkyl halides is 2. The zero-order valence-corrected chi connectivity index (χ0v) is 8.28. The van der Waals surface area contributed by atoms with Crippen molar-refractivity contribution in [1.82, 2.24) is 0 Å². The highest BCUT2D eigenvalue weighted by Crippen LogP contribution is 2.34. The Morgan fingerprint density at radius 2 is 2.13 bits per heavy atom. The summed E-state index contributed by atoms with van der Waals surface area (Å²) >= 11 is 0. The van der Waals surface area contributed by atoms with E-state index >= 15 is 0 Å². The van der Waals surface area contributed by atoms with Gasteiger partial charge < -0.3 is 15.6 Å². The van der Waals surface area contributed by atoms with Gasteiger partial charge in [-0.15, -0.1) is 0 Å². The van der Waals surface area contributed by atoms with Crippen LogP contribution in [-0.4, -0.2) is 18.6 Å². The number of para-hydroxylation sites is 1. The minimum atomic E-state index is -2.49. The van der Waals surface area contributed by atoms with Crippen LogP contribution < -0.4 is 10.5 Å². The van der Waals surface area contributed by atoms with Crippen molar-refractivity contribution in [2.24, 2.45) is 5.73 Å². The summed E-state index contributed by atoms with van der Waals surface area (Å²) in [6.07, 6.45) is -2.98. The van der Waals surface area contributed by atoms with Crippen molar-refractivity contribution < 1.29 is 18.6 Å². The van der Waals surface area contributed by atoms with Crippen LogP contribution >= 0.6 is 0 Å². The average molecular weight is 217 g/mol. The van der Waals surface area contributed by atoms with E-state index in [-0.39, 0.29) is 17.1 Å². The van der Waals surface area contributed by atoms with Crippen LogP contribution in [0.15, 0.2) is 18.2 Å². The number of aromatic hydroxyl groups is 1. The molecule has 1 atom stereocenters. The number of phenols is 1. The van der Waals surface area contributed by atoms with Crippen molar-refractivity contribution in [2.75, 3.05) is 7.11 Å². The van der Waals surface area contributed by atoms with Crippen LogP contribution in [0.4, 0.5) is 8.78 Å². The molecule has 3 N–H and O–H groups in total. The first-order chi connectivity index (χ1) is 7.06. The summed E-state index contributed by atoms with van der Waals surface area (Å²) < 4.78 is 29.0. The molecule has 1 aromatic carbocycles. The van der Waals surface area contributed by atoms with E-state index in [1.165, 1.54) is 19.2 Å². The minimum absolute atomic E-state index is 0.173. The van der Waals surface area contributed by atoms with E-state index in [4.69, 9.17) is 10.5 Å². The number of halogens is 2. The monoisotopic (exact) mass is 217 g/mol. The third-order valence-electron chi connectivity index (χ3n) is 2.08. The van der Waals surface area contributed by atoms with E-state index in [0.29, 0.717) is 0 Å². The quantitative estimate of drug-likeness (QED) is 0.811. The van der Waals surface area contributed by atoms with E-state index in [0.717, 1.165) is 0 Å². The van der Waals surface area contributed by atoms with Crippen LogP contribution in [0, 0.1) is 0 Å². The Kier molecular flexibility index (Phi) is 3.85. The van der Waals surface area contributed by atoms with Gasteiger partial charge in [0.25, 0.3) is 0 Å². The molecule has 0 aliphatic heterocycles. The van der Waals surface area contributed by atoms with Gasteiger partial charge in [0.05, 0.1) is 7.11 Å². The van der Waals surface area contributed by atoms with E-state index in [9.17, 15) is 13.9 Å². The fourth-order valence-electron chi connectivity index (χ4n) is 1.32. The summed E-state index contributed by atoms with van der Waals surface area (Å²) in [6, 6.07) is 3.75. The van der Waals surface area contributed by atoms with Crippen molar-refractivity contribution in [1.29, 1.82) is 0 Å². The molecule has 5 heteroatoms. The molecule has 0 saturated carbocycles. The first-order valence-corrected chi connectivity index (χ1v) is 4.45. The van der Waals surface area contributed by atoms with Crippen molar-refractivity contribution in [3.63, 3.8) is 0 Å². The maximum atomic E-state index is 12.1. The standard InChI is InChI=1S/C10H13F2NO2/c1-15-8-4-2-3-6(10(8)14)7(13)5-9(11)12/h2-4,7,9,14H,5,13H2,1H3/t7-/m0/s1. The first kappa shape index (κ1) is 11.7. The summed E-state index contributed by atoms with van der Waals surface area (Å²) in [4.78, 5) is 0. The average Bonchev–Trinajstić information content (AvgIpc) is 2.17. The van der Waals surface area contributed by atoms with Gasteiger partial charge in [0.1, 0.15) is 0 Å². The SMILES string of the molecule is COc1cccc([C@@H](N)CC(F)F)c1O. The number of ether oxygens (including phenoxy) is 1.